The zero-order chi connectivity index (χ0) is 19.3. The van der Waals surface area contributed by atoms with E-state index in [0.29, 0.717) is 6.54 Å². The number of anilines is 1. The van der Waals surface area contributed by atoms with Gasteiger partial charge in [0.25, 0.3) is 0 Å². The van der Waals surface area contributed by atoms with E-state index in [-0.39, 0.29) is 16.9 Å². The number of hydrogen-bond acceptors (Lipinski definition) is 2. The van der Waals surface area contributed by atoms with Crippen LogP contribution >= 0.6 is 0 Å². The maximum atomic E-state index is 12.5. The Labute approximate surface area is 162 Å². The van der Waals surface area contributed by atoms with E-state index in [1.165, 1.54) is 11.1 Å². The molecule has 1 aliphatic heterocycles. The van der Waals surface area contributed by atoms with Crippen LogP contribution in [-0.2, 0) is 15.6 Å². The van der Waals surface area contributed by atoms with E-state index in [9.17, 15) is 4.79 Å². The monoisotopic (exact) mass is 366 g/mol. The van der Waals surface area contributed by atoms with Gasteiger partial charge in [-0.1, -0.05) is 63.2 Å². The van der Waals surface area contributed by atoms with E-state index in [1.807, 2.05) is 18.2 Å². The predicted octanol–water partition coefficient (Wildman–Crippen LogP) is 4.85. The summed E-state index contributed by atoms with van der Waals surface area (Å²) in [6.07, 6.45) is 1.83. The molecule has 27 heavy (non-hydrogen) atoms. The lowest BCUT2D eigenvalue weighted by atomic mass is 9.74. The summed E-state index contributed by atoms with van der Waals surface area (Å²) < 4.78 is 5.56. The molecule has 0 spiro atoms. The molecule has 0 unspecified atom stereocenters. The number of carbonyl (C=O) groups is 1. The van der Waals surface area contributed by atoms with E-state index in [0.717, 1.165) is 31.7 Å². The molecule has 3 rings (SSSR count). The van der Waals surface area contributed by atoms with Crippen LogP contribution in [0.5, 0.6) is 0 Å². The van der Waals surface area contributed by atoms with Crippen molar-refractivity contribution in [3.05, 3.63) is 65.7 Å². The fourth-order valence-electron chi connectivity index (χ4n) is 3.60. The summed E-state index contributed by atoms with van der Waals surface area (Å²) in [5.74, 6) is 0. The van der Waals surface area contributed by atoms with Crippen LogP contribution in [0.25, 0.3) is 0 Å². The van der Waals surface area contributed by atoms with Crippen molar-refractivity contribution in [2.24, 2.45) is 0 Å². The number of rotatable bonds is 4. The molecule has 144 valence electrons. The standard InChI is InChI=1S/C23H30N2O2/c1-22(2,3)18-9-11-20(12-10-18)25-21(26)24-17-23(13-15-27-16-14-23)19-7-5-4-6-8-19/h4-12H,13-17H2,1-3H3,(H2,24,25,26). The Bertz CT molecular complexity index is 742. The van der Waals surface area contributed by atoms with Crippen LogP contribution in [0.3, 0.4) is 0 Å². The van der Waals surface area contributed by atoms with Gasteiger partial charge in [0, 0.05) is 30.9 Å². The molecule has 2 amide bonds. The molecule has 2 aromatic carbocycles. The first-order chi connectivity index (χ1) is 12.9. The molecule has 0 aromatic heterocycles. The van der Waals surface area contributed by atoms with Crippen molar-refractivity contribution in [1.82, 2.24) is 5.32 Å². The SMILES string of the molecule is CC(C)(C)c1ccc(NC(=O)NCC2(c3ccccc3)CCOCC2)cc1. The lowest BCUT2D eigenvalue weighted by molar-refractivity contribution is 0.0508. The van der Waals surface area contributed by atoms with Gasteiger partial charge in [-0.25, -0.2) is 4.79 Å². The molecule has 4 heteroatoms. The number of hydrogen-bond donors (Lipinski definition) is 2. The van der Waals surface area contributed by atoms with Gasteiger partial charge in [0.1, 0.15) is 0 Å². The normalized spacial score (nSPS) is 16.6. The maximum absolute atomic E-state index is 12.5. The molecular formula is C23H30N2O2. The van der Waals surface area contributed by atoms with Crippen molar-refractivity contribution in [1.29, 1.82) is 0 Å². The second-order valence-corrected chi connectivity index (χ2v) is 8.39. The Hall–Kier alpha value is -2.33. The Morgan fingerprint density at radius 3 is 2.22 bits per heavy atom. The van der Waals surface area contributed by atoms with Gasteiger partial charge in [0.2, 0.25) is 0 Å². The quantitative estimate of drug-likeness (QED) is 0.812. The Morgan fingerprint density at radius 1 is 1.00 bits per heavy atom. The summed E-state index contributed by atoms with van der Waals surface area (Å²) >= 11 is 0. The average molecular weight is 367 g/mol. The summed E-state index contributed by atoms with van der Waals surface area (Å²) in [4.78, 5) is 12.5. The van der Waals surface area contributed by atoms with Gasteiger partial charge in [0.15, 0.2) is 0 Å². The van der Waals surface area contributed by atoms with Gasteiger partial charge in [-0.3, -0.25) is 0 Å². The summed E-state index contributed by atoms with van der Waals surface area (Å²) in [5.41, 5.74) is 3.36. The van der Waals surface area contributed by atoms with Crippen molar-refractivity contribution in [2.45, 2.75) is 44.4 Å². The van der Waals surface area contributed by atoms with E-state index < -0.39 is 0 Å². The van der Waals surface area contributed by atoms with Crippen LogP contribution in [0.15, 0.2) is 54.6 Å². The van der Waals surface area contributed by atoms with E-state index in [2.05, 4.69) is 67.8 Å². The third-order valence-corrected chi connectivity index (χ3v) is 5.43. The minimum atomic E-state index is -0.166. The highest BCUT2D eigenvalue weighted by atomic mass is 16.5. The van der Waals surface area contributed by atoms with Gasteiger partial charge in [-0.15, -0.1) is 0 Å². The first-order valence-corrected chi connectivity index (χ1v) is 9.68. The smallest absolute Gasteiger partial charge is 0.319 e. The van der Waals surface area contributed by atoms with Gasteiger partial charge < -0.3 is 15.4 Å². The molecule has 1 heterocycles. The van der Waals surface area contributed by atoms with Crippen molar-refractivity contribution in [3.63, 3.8) is 0 Å². The molecule has 0 aliphatic carbocycles. The molecule has 0 bridgehead atoms. The molecular weight excluding hydrogens is 336 g/mol. The van der Waals surface area contributed by atoms with Crippen molar-refractivity contribution < 1.29 is 9.53 Å². The second kappa shape index (κ2) is 8.13. The lowest BCUT2D eigenvalue weighted by Crippen LogP contribution is -2.45. The molecule has 0 radical (unpaired) electrons. The van der Waals surface area contributed by atoms with Crippen LogP contribution in [0.1, 0.15) is 44.7 Å². The van der Waals surface area contributed by atoms with Crippen molar-refractivity contribution in [2.75, 3.05) is 25.1 Å². The van der Waals surface area contributed by atoms with Crippen LogP contribution in [0, 0.1) is 0 Å². The summed E-state index contributed by atoms with van der Waals surface area (Å²) in [7, 11) is 0. The fourth-order valence-corrected chi connectivity index (χ4v) is 3.60. The maximum Gasteiger partial charge on any atom is 0.319 e. The topological polar surface area (TPSA) is 50.4 Å². The third-order valence-electron chi connectivity index (χ3n) is 5.43. The second-order valence-electron chi connectivity index (χ2n) is 8.39. The van der Waals surface area contributed by atoms with Crippen molar-refractivity contribution >= 4 is 11.7 Å². The third kappa shape index (κ3) is 4.89. The largest absolute Gasteiger partial charge is 0.381 e. The molecule has 0 saturated carbocycles. The summed E-state index contributed by atoms with van der Waals surface area (Å²) in [5, 5.41) is 6.03. The number of nitrogens with one attached hydrogen (secondary N) is 2. The van der Waals surface area contributed by atoms with Crippen LogP contribution in [0.4, 0.5) is 10.5 Å². The van der Waals surface area contributed by atoms with Crippen LogP contribution < -0.4 is 10.6 Å². The highest BCUT2D eigenvalue weighted by molar-refractivity contribution is 5.89. The first kappa shape index (κ1) is 19.4. The lowest BCUT2D eigenvalue weighted by Gasteiger charge is -2.38. The van der Waals surface area contributed by atoms with Gasteiger partial charge in [-0.2, -0.15) is 0 Å². The summed E-state index contributed by atoms with van der Waals surface area (Å²) in [6, 6.07) is 18.3. The Morgan fingerprint density at radius 2 is 1.63 bits per heavy atom. The van der Waals surface area contributed by atoms with E-state index in [1.54, 1.807) is 0 Å². The molecule has 1 aliphatic rings. The molecule has 0 atom stereocenters. The Kier molecular flexibility index (Phi) is 5.85. The number of benzene rings is 2. The molecule has 1 fully saturated rings. The van der Waals surface area contributed by atoms with Crippen molar-refractivity contribution in [3.8, 4) is 0 Å². The highest BCUT2D eigenvalue weighted by Crippen LogP contribution is 2.34. The molecule has 2 aromatic rings. The molecule has 2 N–H and O–H groups in total. The summed E-state index contributed by atoms with van der Waals surface area (Å²) in [6.45, 7) is 8.60. The Balaban J connectivity index is 1.63. The van der Waals surface area contributed by atoms with E-state index in [4.69, 9.17) is 4.74 Å². The minimum absolute atomic E-state index is 0.0626. The minimum Gasteiger partial charge on any atom is -0.381 e. The molecule has 4 nitrogen and oxygen atoms in total. The van der Waals surface area contributed by atoms with Gasteiger partial charge >= 0.3 is 6.03 Å². The highest BCUT2D eigenvalue weighted by Gasteiger charge is 2.34. The first-order valence-electron chi connectivity index (χ1n) is 9.68. The number of carbonyl (C=O) groups excluding carboxylic acids is 1. The van der Waals surface area contributed by atoms with Crippen LogP contribution in [-0.4, -0.2) is 25.8 Å². The zero-order valence-corrected chi connectivity index (χ0v) is 16.5. The van der Waals surface area contributed by atoms with Gasteiger partial charge in [-0.05, 0) is 41.5 Å². The van der Waals surface area contributed by atoms with E-state index >= 15 is 0 Å². The number of urea groups is 1. The molecule has 1 saturated heterocycles. The van der Waals surface area contributed by atoms with Gasteiger partial charge in [0.05, 0.1) is 0 Å². The van der Waals surface area contributed by atoms with Crippen LogP contribution in [0.2, 0.25) is 0 Å². The zero-order valence-electron chi connectivity index (χ0n) is 16.5. The number of ether oxygens (including phenoxy) is 1. The number of amides is 2. The average Bonchev–Trinajstić information content (AvgIpc) is 2.68. The fraction of sp³-hybridized carbons (Fsp3) is 0.435. The predicted molar refractivity (Wildman–Crippen MR) is 110 cm³/mol.